The first kappa shape index (κ1) is 13.7. The van der Waals surface area contributed by atoms with E-state index >= 15 is 0 Å². The molecule has 0 aliphatic carbocycles. The lowest BCUT2D eigenvalue weighted by Crippen LogP contribution is -2.37. The van der Waals surface area contributed by atoms with E-state index in [1.54, 1.807) is 0 Å². The first-order valence-electron chi connectivity index (χ1n) is 6.44. The zero-order valence-electron chi connectivity index (χ0n) is 11.2. The van der Waals surface area contributed by atoms with E-state index in [0.717, 1.165) is 11.3 Å². The summed E-state index contributed by atoms with van der Waals surface area (Å²) in [6.45, 7) is 4.84. The van der Waals surface area contributed by atoms with Crippen molar-refractivity contribution in [1.29, 1.82) is 5.26 Å². The van der Waals surface area contributed by atoms with Crippen LogP contribution < -0.4 is 4.90 Å². The molecule has 1 aliphatic heterocycles. The fraction of sp³-hybridized carbons (Fsp3) is 0.571. The number of hydrogen-bond donors (Lipinski definition) is 0. The second kappa shape index (κ2) is 5.52. The summed E-state index contributed by atoms with van der Waals surface area (Å²) in [6.07, 6.45) is -1.33. The van der Waals surface area contributed by atoms with Crippen LogP contribution in [0.1, 0.15) is 29.7 Å². The van der Waals surface area contributed by atoms with Gasteiger partial charge in [0.05, 0.1) is 5.56 Å². The Balaban J connectivity index is 2.22. The Morgan fingerprint density at radius 3 is 2.53 bits per heavy atom. The van der Waals surface area contributed by atoms with Gasteiger partial charge >= 0.3 is 0 Å². The predicted molar refractivity (Wildman–Crippen MR) is 69.4 cm³/mol. The van der Waals surface area contributed by atoms with Gasteiger partial charge in [-0.15, -0.1) is 0 Å². The van der Waals surface area contributed by atoms with E-state index in [1.165, 1.54) is 0 Å². The molecule has 3 nitrogen and oxygen atoms in total. The molecule has 19 heavy (non-hydrogen) atoms. The van der Waals surface area contributed by atoms with Crippen molar-refractivity contribution in [3.63, 3.8) is 0 Å². The summed E-state index contributed by atoms with van der Waals surface area (Å²) in [6, 6.07) is 4.04. The molecule has 1 aromatic heterocycles. The highest BCUT2D eigenvalue weighted by Crippen LogP contribution is 2.29. The molecule has 1 aromatic rings. The first-order valence-corrected chi connectivity index (χ1v) is 6.44. The number of rotatable bonds is 2. The lowest BCUT2D eigenvalue weighted by atomic mass is 9.97. The van der Waals surface area contributed by atoms with Gasteiger partial charge in [0.15, 0.2) is 0 Å². The molecule has 1 saturated heterocycles. The molecule has 2 rings (SSSR count). The van der Waals surface area contributed by atoms with Crippen molar-refractivity contribution in [2.45, 2.75) is 33.1 Å². The van der Waals surface area contributed by atoms with Crippen molar-refractivity contribution in [2.24, 2.45) is 5.92 Å². The Morgan fingerprint density at radius 1 is 1.37 bits per heavy atom. The molecule has 0 spiro atoms. The maximum absolute atomic E-state index is 12.6. The Bertz CT molecular complexity index is 500. The second-order valence-corrected chi connectivity index (χ2v) is 5.05. The molecule has 1 aliphatic rings. The molecule has 0 atom stereocenters. The average molecular weight is 265 g/mol. The summed E-state index contributed by atoms with van der Waals surface area (Å²) >= 11 is 0. The first-order chi connectivity index (χ1) is 9.02. The number of hydrogen-bond acceptors (Lipinski definition) is 3. The van der Waals surface area contributed by atoms with E-state index in [0.29, 0.717) is 37.3 Å². The molecular formula is C14H17F2N3. The Kier molecular flexibility index (Phi) is 3.98. The van der Waals surface area contributed by atoms with Crippen molar-refractivity contribution in [3.05, 3.63) is 22.9 Å². The zero-order chi connectivity index (χ0) is 14.0. The number of aromatic nitrogens is 1. The topological polar surface area (TPSA) is 39.9 Å². The standard InChI is InChI=1S/C14H17F2N3/c1-9-7-10(2)18-14(12(9)8-17)19-5-3-11(4-6-19)13(15)16/h7,11,13H,3-6H2,1-2H3. The van der Waals surface area contributed by atoms with Crippen molar-refractivity contribution in [3.8, 4) is 6.07 Å². The van der Waals surface area contributed by atoms with Gasteiger partial charge in [-0.3, -0.25) is 0 Å². The highest BCUT2D eigenvalue weighted by Gasteiger charge is 2.28. The van der Waals surface area contributed by atoms with Gasteiger partial charge in [0, 0.05) is 24.7 Å². The van der Waals surface area contributed by atoms with Gasteiger partial charge in [-0.2, -0.15) is 5.26 Å². The molecule has 0 aromatic carbocycles. The van der Waals surface area contributed by atoms with Crippen LogP contribution in [0.5, 0.6) is 0 Å². The van der Waals surface area contributed by atoms with Crippen LogP contribution in [0, 0.1) is 31.1 Å². The Morgan fingerprint density at radius 2 is 2.00 bits per heavy atom. The third-order valence-electron chi connectivity index (χ3n) is 3.63. The van der Waals surface area contributed by atoms with Crippen LogP contribution in [0.15, 0.2) is 6.07 Å². The van der Waals surface area contributed by atoms with E-state index in [1.807, 2.05) is 24.8 Å². The number of nitrogens with zero attached hydrogens (tertiary/aromatic N) is 3. The van der Waals surface area contributed by atoms with E-state index in [2.05, 4.69) is 11.1 Å². The molecular weight excluding hydrogens is 248 g/mol. The number of piperidine rings is 1. The fourth-order valence-electron chi connectivity index (χ4n) is 2.55. The molecule has 1 fully saturated rings. The monoisotopic (exact) mass is 265 g/mol. The van der Waals surface area contributed by atoms with Crippen LogP contribution in [0.25, 0.3) is 0 Å². The lowest BCUT2D eigenvalue weighted by Gasteiger charge is -2.33. The van der Waals surface area contributed by atoms with E-state index in [4.69, 9.17) is 0 Å². The fourth-order valence-corrected chi connectivity index (χ4v) is 2.55. The molecule has 0 radical (unpaired) electrons. The second-order valence-electron chi connectivity index (χ2n) is 5.05. The minimum atomic E-state index is -2.25. The number of nitriles is 1. The summed E-state index contributed by atoms with van der Waals surface area (Å²) in [5, 5.41) is 9.22. The maximum Gasteiger partial charge on any atom is 0.241 e. The van der Waals surface area contributed by atoms with Crippen molar-refractivity contribution < 1.29 is 8.78 Å². The van der Waals surface area contributed by atoms with Gasteiger partial charge in [-0.25, -0.2) is 13.8 Å². The molecule has 0 N–H and O–H groups in total. The average Bonchev–Trinajstić information content (AvgIpc) is 2.38. The molecule has 0 amide bonds. The van der Waals surface area contributed by atoms with Crippen LogP contribution in [0.4, 0.5) is 14.6 Å². The van der Waals surface area contributed by atoms with Gasteiger partial charge in [0.25, 0.3) is 0 Å². The predicted octanol–water partition coefficient (Wildman–Crippen LogP) is 3.05. The summed E-state index contributed by atoms with van der Waals surface area (Å²) in [4.78, 5) is 6.37. The highest BCUT2D eigenvalue weighted by atomic mass is 19.3. The Hall–Kier alpha value is -1.70. The highest BCUT2D eigenvalue weighted by molar-refractivity contribution is 5.58. The van der Waals surface area contributed by atoms with Crippen LogP contribution in [-0.4, -0.2) is 24.5 Å². The number of halogens is 2. The van der Waals surface area contributed by atoms with Gasteiger partial charge in [-0.05, 0) is 38.3 Å². The van der Waals surface area contributed by atoms with E-state index < -0.39 is 12.3 Å². The number of alkyl halides is 2. The quantitative estimate of drug-likeness (QED) is 0.825. The summed E-state index contributed by atoms with van der Waals surface area (Å²) in [5.41, 5.74) is 2.30. The van der Waals surface area contributed by atoms with Gasteiger partial charge < -0.3 is 4.90 Å². The largest absolute Gasteiger partial charge is 0.355 e. The third kappa shape index (κ3) is 2.83. The SMILES string of the molecule is Cc1cc(C)c(C#N)c(N2CCC(C(F)F)CC2)n1. The molecule has 102 valence electrons. The third-order valence-corrected chi connectivity index (χ3v) is 3.63. The normalized spacial score (nSPS) is 16.7. The molecule has 0 unspecified atom stereocenters. The lowest BCUT2D eigenvalue weighted by molar-refractivity contribution is 0.0635. The molecule has 2 heterocycles. The van der Waals surface area contributed by atoms with Gasteiger partial charge in [-0.1, -0.05) is 0 Å². The van der Waals surface area contributed by atoms with Gasteiger partial charge in [0.1, 0.15) is 11.9 Å². The van der Waals surface area contributed by atoms with Crippen molar-refractivity contribution in [2.75, 3.05) is 18.0 Å². The van der Waals surface area contributed by atoms with Crippen LogP contribution in [0.3, 0.4) is 0 Å². The van der Waals surface area contributed by atoms with Crippen LogP contribution in [-0.2, 0) is 0 Å². The zero-order valence-corrected chi connectivity index (χ0v) is 11.2. The van der Waals surface area contributed by atoms with E-state index in [9.17, 15) is 14.0 Å². The minimum absolute atomic E-state index is 0.456. The van der Waals surface area contributed by atoms with Crippen molar-refractivity contribution in [1.82, 2.24) is 4.98 Å². The Labute approximate surface area is 111 Å². The number of aryl methyl sites for hydroxylation is 2. The molecule has 0 saturated carbocycles. The summed E-state index contributed by atoms with van der Waals surface area (Å²) < 4.78 is 25.3. The van der Waals surface area contributed by atoms with Gasteiger partial charge in [0.2, 0.25) is 6.43 Å². The maximum atomic E-state index is 12.6. The molecule has 5 heteroatoms. The van der Waals surface area contributed by atoms with Crippen molar-refractivity contribution >= 4 is 5.82 Å². The summed E-state index contributed by atoms with van der Waals surface area (Å²) in [5.74, 6) is 0.125. The minimum Gasteiger partial charge on any atom is -0.355 e. The van der Waals surface area contributed by atoms with E-state index in [-0.39, 0.29) is 0 Å². The number of anilines is 1. The summed E-state index contributed by atoms with van der Waals surface area (Å²) in [7, 11) is 0. The van der Waals surface area contributed by atoms with Crippen LogP contribution in [0.2, 0.25) is 0 Å². The molecule has 0 bridgehead atoms. The smallest absolute Gasteiger partial charge is 0.241 e. The number of pyridine rings is 1. The van der Waals surface area contributed by atoms with Crippen LogP contribution >= 0.6 is 0 Å².